The summed E-state index contributed by atoms with van der Waals surface area (Å²) in [5, 5.41) is 12.2. The summed E-state index contributed by atoms with van der Waals surface area (Å²) in [5.74, 6) is -0.120. The maximum Gasteiger partial charge on any atom is 0.228 e. The Bertz CT molecular complexity index is 645. The average molecular weight is 349 g/mol. The highest BCUT2D eigenvalue weighted by atomic mass is 16.6. The van der Waals surface area contributed by atoms with Crippen molar-refractivity contribution in [1.29, 1.82) is 0 Å². The first-order valence-corrected chi connectivity index (χ1v) is 8.74. The van der Waals surface area contributed by atoms with E-state index in [1.54, 1.807) is 0 Å². The highest BCUT2D eigenvalue weighted by Gasteiger charge is 2.32. The molecule has 1 aliphatic carbocycles. The van der Waals surface area contributed by atoms with Crippen molar-refractivity contribution in [3.63, 3.8) is 0 Å². The normalized spacial score (nSPS) is 19.0. The monoisotopic (exact) mass is 349 g/mol. The molecule has 25 heavy (non-hydrogen) atoms. The van der Waals surface area contributed by atoms with Crippen LogP contribution in [-0.2, 0) is 14.4 Å². The second-order valence-corrected chi connectivity index (χ2v) is 6.71. The molecule has 2 heterocycles. The van der Waals surface area contributed by atoms with Crippen molar-refractivity contribution in [2.24, 2.45) is 11.8 Å². The number of aromatic nitrogens is 2. The van der Waals surface area contributed by atoms with E-state index in [1.807, 2.05) is 4.90 Å². The van der Waals surface area contributed by atoms with E-state index < -0.39 is 0 Å². The Hall–Kier alpha value is -2.45. The van der Waals surface area contributed by atoms with Crippen LogP contribution in [0.3, 0.4) is 0 Å². The third-order valence-corrected chi connectivity index (χ3v) is 4.91. The van der Waals surface area contributed by atoms with Gasteiger partial charge < -0.3 is 15.5 Å². The standard InChI is InChI=1S/C16H23N5O4/c1-10(22)17-13-14(20-25-19-13)18-15(23)11-6-8-21(9-7-11)16(24)12-4-2-3-5-12/h11-12H,2-9H2,1H3,(H,17,19,22)(H,18,20,23). The van der Waals surface area contributed by atoms with Gasteiger partial charge in [-0.05, 0) is 36.0 Å². The van der Waals surface area contributed by atoms with Gasteiger partial charge in [0.05, 0.1) is 0 Å². The van der Waals surface area contributed by atoms with E-state index in [-0.39, 0.29) is 41.2 Å². The molecule has 1 saturated heterocycles. The molecule has 1 saturated carbocycles. The molecule has 3 rings (SSSR count). The summed E-state index contributed by atoms with van der Waals surface area (Å²) in [5.41, 5.74) is 0. The number of piperidine rings is 1. The second-order valence-electron chi connectivity index (χ2n) is 6.71. The van der Waals surface area contributed by atoms with Gasteiger partial charge in [-0.2, -0.15) is 0 Å². The van der Waals surface area contributed by atoms with Gasteiger partial charge in [0.2, 0.25) is 29.4 Å². The molecule has 0 spiro atoms. The summed E-state index contributed by atoms with van der Waals surface area (Å²) in [6, 6.07) is 0. The van der Waals surface area contributed by atoms with E-state index in [0.717, 1.165) is 25.7 Å². The summed E-state index contributed by atoms with van der Waals surface area (Å²) < 4.78 is 4.56. The van der Waals surface area contributed by atoms with Crippen molar-refractivity contribution >= 4 is 29.4 Å². The van der Waals surface area contributed by atoms with Crippen LogP contribution < -0.4 is 10.6 Å². The Morgan fingerprint density at radius 2 is 1.56 bits per heavy atom. The van der Waals surface area contributed by atoms with Crippen molar-refractivity contribution < 1.29 is 19.0 Å². The Morgan fingerprint density at radius 1 is 0.960 bits per heavy atom. The molecule has 0 bridgehead atoms. The van der Waals surface area contributed by atoms with Gasteiger partial charge in [0.1, 0.15) is 0 Å². The molecule has 2 aliphatic rings. The fraction of sp³-hybridized carbons (Fsp3) is 0.688. The van der Waals surface area contributed by atoms with E-state index in [9.17, 15) is 14.4 Å². The molecule has 1 aromatic rings. The number of hydrogen-bond acceptors (Lipinski definition) is 6. The van der Waals surface area contributed by atoms with Crippen LogP contribution in [-0.4, -0.2) is 46.0 Å². The van der Waals surface area contributed by atoms with Gasteiger partial charge in [0.25, 0.3) is 0 Å². The van der Waals surface area contributed by atoms with Crippen LogP contribution in [0.15, 0.2) is 4.63 Å². The minimum atomic E-state index is -0.329. The smallest absolute Gasteiger partial charge is 0.228 e. The first kappa shape index (κ1) is 17.4. The number of hydrogen-bond donors (Lipinski definition) is 2. The molecule has 1 aliphatic heterocycles. The fourth-order valence-corrected chi connectivity index (χ4v) is 3.53. The van der Waals surface area contributed by atoms with E-state index in [2.05, 4.69) is 25.6 Å². The summed E-state index contributed by atoms with van der Waals surface area (Å²) in [6.07, 6.45) is 5.49. The first-order chi connectivity index (χ1) is 12.0. The predicted octanol–water partition coefficient (Wildman–Crippen LogP) is 1.40. The van der Waals surface area contributed by atoms with E-state index in [4.69, 9.17) is 0 Å². The van der Waals surface area contributed by atoms with Crippen LogP contribution in [0.25, 0.3) is 0 Å². The quantitative estimate of drug-likeness (QED) is 0.848. The number of amides is 3. The number of nitrogens with one attached hydrogen (secondary N) is 2. The Balaban J connectivity index is 1.51. The lowest BCUT2D eigenvalue weighted by Crippen LogP contribution is -2.43. The molecule has 9 nitrogen and oxygen atoms in total. The number of anilines is 2. The van der Waals surface area contributed by atoms with E-state index >= 15 is 0 Å². The lowest BCUT2D eigenvalue weighted by molar-refractivity contribution is -0.138. The number of rotatable bonds is 4. The topological polar surface area (TPSA) is 117 Å². The molecule has 2 N–H and O–H groups in total. The second kappa shape index (κ2) is 7.62. The molecular weight excluding hydrogens is 326 g/mol. The number of nitrogens with zero attached hydrogens (tertiary/aromatic N) is 3. The lowest BCUT2D eigenvalue weighted by Gasteiger charge is -2.32. The molecular formula is C16H23N5O4. The van der Waals surface area contributed by atoms with Gasteiger partial charge in [0.15, 0.2) is 0 Å². The zero-order chi connectivity index (χ0) is 17.8. The molecule has 0 unspecified atom stereocenters. The largest absolute Gasteiger partial charge is 0.342 e. The molecule has 0 aromatic carbocycles. The summed E-state index contributed by atoms with van der Waals surface area (Å²) in [4.78, 5) is 37.8. The average Bonchev–Trinajstić information content (AvgIpc) is 3.26. The SMILES string of the molecule is CC(=O)Nc1nonc1NC(=O)C1CCN(C(=O)C2CCCC2)CC1. The van der Waals surface area contributed by atoms with Crippen LogP contribution >= 0.6 is 0 Å². The predicted molar refractivity (Wildman–Crippen MR) is 88.5 cm³/mol. The van der Waals surface area contributed by atoms with Crippen LogP contribution in [0.4, 0.5) is 11.6 Å². The molecule has 136 valence electrons. The van der Waals surface area contributed by atoms with E-state index in [1.165, 1.54) is 6.92 Å². The number of carbonyl (C=O) groups excluding carboxylic acids is 3. The van der Waals surface area contributed by atoms with E-state index in [0.29, 0.717) is 25.9 Å². The molecule has 0 radical (unpaired) electrons. The van der Waals surface area contributed by atoms with Gasteiger partial charge >= 0.3 is 0 Å². The van der Waals surface area contributed by atoms with Crippen molar-refractivity contribution in [1.82, 2.24) is 15.2 Å². The molecule has 2 fully saturated rings. The van der Waals surface area contributed by atoms with Gasteiger partial charge in [0, 0.05) is 31.8 Å². The van der Waals surface area contributed by atoms with Crippen LogP contribution in [0.2, 0.25) is 0 Å². The minimum absolute atomic E-state index is 0.0923. The number of likely N-dealkylation sites (tertiary alicyclic amines) is 1. The Morgan fingerprint density at radius 3 is 2.16 bits per heavy atom. The van der Waals surface area contributed by atoms with Crippen LogP contribution in [0.1, 0.15) is 45.4 Å². The van der Waals surface area contributed by atoms with Gasteiger partial charge in [-0.15, -0.1) is 0 Å². The molecule has 0 atom stereocenters. The van der Waals surface area contributed by atoms with Crippen LogP contribution in [0.5, 0.6) is 0 Å². The van der Waals surface area contributed by atoms with Gasteiger partial charge in [-0.3, -0.25) is 14.4 Å². The third-order valence-electron chi connectivity index (χ3n) is 4.91. The van der Waals surface area contributed by atoms with Crippen molar-refractivity contribution in [2.75, 3.05) is 23.7 Å². The molecule has 3 amide bonds. The van der Waals surface area contributed by atoms with Gasteiger partial charge in [-0.1, -0.05) is 12.8 Å². The molecule has 9 heteroatoms. The number of carbonyl (C=O) groups is 3. The maximum atomic E-state index is 12.4. The summed E-state index contributed by atoms with van der Waals surface area (Å²) >= 11 is 0. The highest BCUT2D eigenvalue weighted by Crippen LogP contribution is 2.29. The Labute approximate surface area is 145 Å². The van der Waals surface area contributed by atoms with Crippen LogP contribution in [0, 0.1) is 11.8 Å². The van der Waals surface area contributed by atoms with Crippen molar-refractivity contribution in [3.8, 4) is 0 Å². The highest BCUT2D eigenvalue weighted by molar-refractivity contribution is 5.97. The lowest BCUT2D eigenvalue weighted by atomic mass is 9.94. The summed E-state index contributed by atoms with van der Waals surface area (Å²) in [6.45, 7) is 2.53. The zero-order valence-electron chi connectivity index (χ0n) is 14.3. The third kappa shape index (κ3) is 4.15. The first-order valence-electron chi connectivity index (χ1n) is 8.74. The van der Waals surface area contributed by atoms with Crippen molar-refractivity contribution in [3.05, 3.63) is 0 Å². The zero-order valence-corrected chi connectivity index (χ0v) is 14.3. The minimum Gasteiger partial charge on any atom is -0.342 e. The van der Waals surface area contributed by atoms with Gasteiger partial charge in [-0.25, -0.2) is 4.63 Å². The maximum absolute atomic E-state index is 12.4. The summed E-state index contributed by atoms with van der Waals surface area (Å²) in [7, 11) is 0. The molecule has 1 aromatic heterocycles. The Kier molecular flexibility index (Phi) is 5.30. The van der Waals surface area contributed by atoms with Crippen molar-refractivity contribution in [2.45, 2.75) is 45.4 Å². The fourth-order valence-electron chi connectivity index (χ4n) is 3.53.